The summed E-state index contributed by atoms with van der Waals surface area (Å²) in [5.74, 6) is -0.171. The fourth-order valence-electron chi connectivity index (χ4n) is 3.10. The molecule has 9 heteroatoms. The first-order chi connectivity index (χ1) is 12.8. The van der Waals surface area contributed by atoms with Crippen molar-refractivity contribution in [1.29, 1.82) is 5.26 Å². The maximum absolute atomic E-state index is 12.7. The fourth-order valence-corrected chi connectivity index (χ4v) is 4.57. The summed E-state index contributed by atoms with van der Waals surface area (Å²) in [7, 11) is -1.90. The summed E-state index contributed by atoms with van der Waals surface area (Å²) in [4.78, 5) is 12.8. The normalized spacial score (nSPS) is 16.0. The van der Waals surface area contributed by atoms with E-state index in [0.29, 0.717) is 24.2 Å². The monoisotopic (exact) mass is 387 g/mol. The summed E-state index contributed by atoms with van der Waals surface area (Å²) < 4.78 is 28.3. The molecule has 2 heterocycles. The second-order valence-corrected chi connectivity index (χ2v) is 8.56. The maximum Gasteiger partial charge on any atom is 0.243 e. The van der Waals surface area contributed by atoms with Crippen molar-refractivity contribution in [2.45, 2.75) is 24.7 Å². The number of anilines is 1. The molecule has 0 saturated carbocycles. The largest absolute Gasteiger partial charge is 0.310 e. The fraction of sp³-hybridized carbons (Fsp3) is 0.389. The molecule has 2 aromatic rings. The van der Waals surface area contributed by atoms with Crippen LogP contribution >= 0.6 is 0 Å². The lowest BCUT2D eigenvalue weighted by atomic mass is 9.97. The van der Waals surface area contributed by atoms with Crippen LogP contribution in [0.5, 0.6) is 0 Å². The summed E-state index contributed by atoms with van der Waals surface area (Å²) in [6.45, 7) is 2.47. The van der Waals surface area contributed by atoms with Gasteiger partial charge in [-0.05, 0) is 31.9 Å². The van der Waals surface area contributed by atoms with Gasteiger partial charge in [0.1, 0.15) is 17.5 Å². The molecule has 0 spiro atoms. The van der Waals surface area contributed by atoms with Crippen LogP contribution in [0.4, 0.5) is 5.82 Å². The van der Waals surface area contributed by atoms with Gasteiger partial charge in [0.25, 0.3) is 0 Å². The van der Waals surface area contributed by atoms with Crippen molar-refractivity contribution >= 4 is 21.7 Å². The molecule has 142 valence electrons. The number of nitriles is 1. The molecule has 3 rings (SSSR count). The number of carbonyl (C=O) groups is 1. The Kier molecular flexibility index (Phi) is 5.30. The van der Waals surface area contributed by atoms with Crippen molar-refractivity contribution in [3.8, 4) is 6.07 Å². The van der Waals surface area contributed by atoms with Gasteiger partial charge in [-0.15, -0.1) is 0 Å². The topological polar surface area (TPSA) is 108 Å². The average Bonchev–Trinajstić information content (AvgIpc) is 3.02. The Labute approximate surface area is 158 Å². The zero-order chi connectivity index (χ0) is 19.6. The SMILES string of the molecule is Cc1ccc(S(=O)(=O)N2CCC(C(=O)Nc3c(C#N)cnn3C)CC2)cc1. The van der Waals surface area contributed by atoms with Crippen LogP contribution in [0.3, 0.4) is 0 Å². The molecule has 1 aliphatic rings. The molecule has 27 heavy (non-hydrogen) atoms. The van der Waals surface area contributed by atoms with E-state index in [-0.39, 0.29) is 29.8 Å². The molecular weight excluding hydrogens is 366 g/mol. The van der Waals surface area contributed by atoms with Crippen LogP contribution in [0.15, 0.2) is 35.4 Å². The second kappa shape index (κ2) is 7.50. The van der Waals surface area contributed by atoms with Crippen molar-refractivity contribution in [3.63, 3.8) is 0 Å². The minimum absolute atomic E-state index is 0.220. The zero-order valence-electron chi connectivity index (χ0n) is 15.2. The second-order valence-electron chi connectivity index (χ2n) is 6.62. The van der Waals surface area contributed by atoms with E-state index in [1.165, 1.54) is 15.2 Å². The van der Waals surface area contributed by atoms with Crippen LogP contribution in [0.25, 0.3) is 0 Å². The van der Waals surface area contributed by atoms with E-state index in [1.54, 1.807) is 31.3 Å². The van der Waals surface area contributed by atoms with E-state index in [2.05, 4.69) is 10.4 Å². The van der Waals surface area contributed by atoms with Gasteiger partial charge in [0, 0.05) is 26.1 Å². The number of nitrogens with zero attached hydrogens (tertiary/aromatic N) is 4. The van der Waals surface area contributed by atoms with Gasteiger partial charge in [-0.3, -0.25) is 9.48 Å². The van der Waals surface area contributed by atoms with Gasteiger partial charge in [-0.25, -0.2) is 8.42 Å². The van der Waals surface area contributed by atoms with Gasteiger partial charge in [0.15, 0.2) is 0 Å². The molecule has 1 saturated heterocycles. The lowest BCUT2D eigenvalue weighted by Gasteiger charge is -2.30. The highest BCUT2D eigenvalue weighted by Gasteiger charge is 2.32. The van der Waals surface area contributed by atoms with E-state index in [1.807, 2.05) is 13.0 Å². The summed E-state index contributed by atoms with van der Waals surface area (Å²) in [6, 6.07) is 8.74. The van der Waals surface area contributed by atoms with E-state index < -0.39 is 10.0 Å². The van der Waals surface area contributed by atoms with E-state index >= 15 is 0 Å². The molecule has 0 radical (unpaired) electrons. The highest BCUT2D eigenvalue weighted by Crippen LogP contribution is 2.25. The standard InChI is InChI=1S/C18H21N5O3S/c1-13-3-5-16(6-4-13)27(25,26)23-9-7-14(8-10-23)18(24)21-17-15(11-19)12-20-22(17)2/h3-6,12,14H,7-10H2,1-2H3,(H,21,24). The molecule has 1 aliphatic heterocycles. The molecule has 0 bridgehead atoms. The molecule has 1 amide bonds. The highest BCUT2D eigenvalue weighted by molar-refractivity contribution is 7.89. The van der Waals surface area contributed by atoms with E-state index in [4.69, 9.17) is 5.26 Å². The van der Waals surface area contributed by atoms with Gasteiger partial charge in [-0.1, -0.05) is 17.7 Å². The number of sulfonamides is 1. The van der Waals surface area contributed by atoms with Crippen molar-refractivity contribution in [1.82, 2.24) is 14.1 Å². The Balaban J connectivity index is 1.65. The Morgan fingerprint density at radius 3 is 2.48 bits per heavy atom. The molecule has 1 aromatic heterocycles. The Bertz CT molecular complexity index is 981. The number of hydrogen-bond donors (Lipinski definition) is 1. The molecule has 1 aromatic carbocycles. The van der Waals surface area contributed by atoms with Gasteiger partial charge in [0.2, 0.25) is 15.9 Å². The van der Waals surface area contributed by atoms with Crippen LogP contribution in [-0.4, -0.2) is 41.5 Å². The maximum atomic E-state index is 12.7. The number of carbonyl (C=O) groups excluding carboxylic acids is 1. The number of hydrogen-bond acceptors (Lipinski definition) is 5. The van der Waals surface area contributed by atoms with Gasteiger partial charge < -0.3 is 5.32 Å². The Hall–Kier alpha value is -2.70. The first kappa shape index (κ1) is 19.1. The number of amides is 1. The summed E-state index contributed by atoms with van der Waals surface area (Å²) in [5.41, 5.74) is 1.29. The summed E-state index contributed by atoms with van der Waals surface area (Å²) in [5, 5.41) is 15.8. The van der Waals surface area contributed by atoms with Crippen molar-refractivity contribution in [2.24, 2.45) is 13.0 Å². The quantitative estimate of drug-likeness (QED) is 0.858. The van der Waals surface area contributed by atoms with Crippen LogP contribution in [0.1, 0.15) is 24.0 Å². The smallest absolute Gasteiger partial charge is 0.243 e. The Morgan fingerprint density at radius 1 is 1.26 bits per heavy atom. The van der Waals surface area contributed by atoms with E-state index in [9.17, 15) is 13.2 Å². The lowest BCUT2D eigenvalue weighted by Crippen LogP contribution is -2.41. The lowest BCUT2D eigenvalue weighted by molar-refractivity contribution is -0.121. The van der Waals surface area contributed by atoms with Crippen LogP contribution in [0, 0.1) is 24.2 Å². The molecule has 8 nitrogen and oxygen atoms in total. The third kappa shape index (κ3) is 3.86. The summed E-state index contributed by atoms with van der Waals surface area (Å²) in [6.07, 6.45) is 2.25. The number of benzene rings is 1. The third-order valence-electron chi connectivity index (χ3n) is 4.78. The molecule has 1 fully saturated rings. The first-order valence-corrected chi connectivity index (χ1v) is 10.1. The summed E-state index contributed by atoms with van der Waals surface area (Å²) >= 11 is 0. The van der Waals surface area contributed by atoms with Gasteiger partial charge in [-0.2, -0.15) is 14.7 Å². The van der Waals surface area contributed by atoms with Crippen LogP contribution in [-0.2, 0) is 21.9 Å². The number of piperidine rings is 1. The number of rotatable bonds is 4. The molecule has 0 unspecified atom stereocenters. The number of aromatic nitrogens is 2. The zero-order valence-corrected chi connectivity index (χ0v) is 16.0. The minimum Gasteiger partial charge on any atom is -0.310 e. The van der Waals surface area contributed by atoms with Gasteiger partial charge in [0.05, 0.1) is 11.1 Å². The van der Waals surface area contributed by atoms with Crippen molar-refractivity contribution in [2.75, 3.05) is 18.4 Å². The van der Waals surface area contributed by atoms with E-state index in [0.717, 1.165) is 5.56 Å². The minimum atomic E-state index is -3.55. The molecule has 0 aliphatic carbocycles. The third-order valence-corrected chi connectivity index (χ3v) is 6.70. The predicted octanol–water partition coefficient (Wildman–Crippen LogP) is 1.64. The van der Waals surface area contributed by atoms with Crippen molar-refractivity contribution in [3.05, 3.63) is 41.6 Å². The predicted molar refractivity (Wildman–Crippen MR) is 99.2 cm³/mol. The molecule has 0 atom stereocenters. The van der Waals surface area contributed by atoms with Gasteiger partial charge >= 0.3 is 0 Å². The molecule has 1 N–H and O–H groups in total. The number of aryl methyl sites for hydroxylation is 2. The van der Waals surface area contributed by atoms with Crippen LogP contribution < -0.4 is 5.32 Å². The first-order valence-electron chi connectivity index (χ1n) is 8.62. The Morgan fingerprint density at radius 2 is 1.89 bits per heavy atom. The van der Waals surface area contributed by atoms with Crippen LogP contribution in [0.2, 0.25) is 0 Å². The number of nitrogens with one attached hydrogen (secondary N) is 1. The average molecular weight is 387 g/mol. The molecular formula is C18H21N5O3S. The van der Waals surface area contributed by atoms with Crippen molar-refractivity contribution < 1.29 is 13.2 Å². The highest BCUT2D eigenvalue weighted by atomic mass is 32.2.